The lowest BCUT2D eigenvalue weighted by molar-refractivity contribution is -0.113. The van der Waals surface area contributed by atoms with E-state index in [9.17, 15) is 4.79 Å². The third-order valence-electron chi connectivity index (χ3n) is 1.24. The second-order valence-electron chi connectivity index (χ2n) is 2.11. The van der Waals surface area contributed by atoms with Crippen LogP contribution in [0, 0.1) is 0 Å². The molecule has 0 heterocycles. The maximum Gasteiger partial charge on any atom is 0.189 e. The predicted octanol–water partition coefficient (Wildman–Crippen LogP) is 1.29. The van der Waals surface area contributed by atoms with Gasteiger partial charge in [-0.05, 0) is 6.42 Å². The molecule has 3 heteroatoms. The summed E-state index contributed by atoms with van der Waals surface area (Å²) in [6, 6.07) is 0. The summed E-state index contributed by atoms with van der Waals surface area (Å²) in [5, 5.41) is 2.66. The zero-order valence-electron chi connectivity index (χ0n) is 6.44. The van der Waals surface area contributed by atoms with Gasteiger partial charge in [0.05, 0.1) is 0 Å². The number of Topliss-reactive ketones (excluding diaryl/α,β-unsaturated/α-hetero) is 1. The van der Waals surface area contributed by atoms with Crippen LogP contribution in [-0.2, 0) is 4.79 Å². The first-order valence-corrected chi connectivity index (χ1v) is 3.88. The highest BCUT2D eigenvalue weighted by Gasteiger charge is 2.04. The van der Waals surface area contributed by atoms with Crippen LogP contribution < -0.4 is 5.32 Å². The average Bonchev–Trinajstić information content (AvgIpc) is 1.98. The number of hydrogen-bond acceptors (Lipinski definition) is 2. The van der Waals surface area contributed by atoms with Gasteiger partial charge in [-0.2, -0.15) is 0 Å². The quantitative estimate of drug-likeness (QED) is 0.627. The summed E-state index contributed by atoms with van der Waals surface area (Å²) in [5.41, 5.74) is 0. The number of thiocarbonyl (C=S) groups is 1. The van der Waals surface area contributed by atoms with Gasteiger partial charge >= 0.3 is 0 Å². The molecular weight excluding hydrogens is 146 g/mol. The van der Waals surface area contributed by atoms with E-state index in [4.69, 9.17) is 12.2 Å². The van der Waals surface area contributed by atoms with E-state index in [0.29, 0.717) is 11.4 Å². The molecule has 2 nitrogen and oxygen atoms in total. The molecule has 0 radical (unpaired) electrons. The maximum atomic E-state index is 10.9. The van der Waals surface area contributed by atoms with Gasteiger partial charge in [0.15, 0.2) is 5.78 Å². The van der Waals surface area contributed by atoms with Crippen molar-refractivity contribution in [3.63, 3.8) is 0 Å². The van der Waals surface area contributed by atoms with Crippen molar-refractivity contribution >= 4 is 23.0 Å². The predicted molar refractivity (Wildman–Crippen MR) is 46.2 cm³/mol. The van der Waals surface area contributed by atoms with Crippen LogP contribution in [0.4, 0.5) is 0 Å². The van der Waals surface area contributed by atoms with Gasteiger partial charge in [-0.3, -0.25) is 4.79 Å². The third-order valence-corrected chi connectivity index (χ3v) is 1.67. The van der Waals surface area contributed by atoms with E-state index in [0.717, 1.165) is 12.8 Å². The molecule has 0 aliphatic rings. The van der Waals surface area contributed by atoms with Crippen LogP contribution in [0.2, 0.25) is 0 Å². The lowest BCUT2D eigenvalue weighted by atomic mass is 10.2. The SMILES string of the molecule is CCCCC(=O)C(=S)NC. The van der Waals surface area contributed by atoms with Crippen molar-refractivity contribution in [3.8, 4) is 0 Å². The molecule has 0 aromatic carbocycles. The van der Waals surface area contributed by atoms with E-state index in [-0.39, 0.29) is 5.78 Å². The highest BCUT2D eigenvalue weighted by atomic mass is 32.1. The number of unbranched alkanes of at least 4 members (excludes halogenated alkanes) is 1. The molecule has 0 saturated carbocycles. The number of likely N-dealkylation sites (N-methyl/N-ethyl adjacent to an activating group) is 1. The Hall–Kier alpha value is -0.440. The van der Waals surface area contributed by atoms with Gasteiger partial charge < -0.3 is 5.32 Å². The summed E-state index contributed by atoms with van der Waals surface area (Å²) in [6.45, 7) is 2.05. The fourth-order valence-electron chi connectivity index (χ4n) is 0.590. The highest BCUT2D eigenvalue weighted by Crippen LogP contribution is 1.95. The van der Waals surface area contributed by atoms with Crippen molar-refractivity contribution < 1.29 is 4.79 Å². The van der Waals surface area contributed by atoms with Gasteiger partial charge in [0.25, 0.3) is 0 Å². The second-order valence-corrected chi connectivity index (χ2v) is 2.51. The molecule has 0 atom stereocenters. The number of carbonyl (C=O) groups is 1. The lowest BCUT2D eigenvalue weighted by Crippen LogP contribution is -2.25. The first-order chi connectivity index (χ1) is 4.72. The number of ketones is 1. The Morgan fingerprint density at radius 3 is 2.60 bits per heavy atom. The normalized spacial score (nSPS) is 9.00. The summed E-state index contributed by atoms with van der Waals surface area (Å²) in [7, 11) is 1.67. The summed E-state index contributed by atoms with van der Waals surface area (Å²) >= 11 is 4.73. The largest absolute Gasteiger partial charge is 0.376 e. The summed E-state index contributed by atoms with van der Waals surface area (Å²) < 4.78 is 0. The Kier molecular flexibility index (Phi) is 5.12. The molecule has 0 aromatic heterocycles. The third kappa shape index (κ3) is 3.56. The van der Waals surface area contributed by atoms with E-state index in [1.54, 1.807) is 7.05 Å². The molecule has 0 aliphatic carbocycles. The van der Waals surface area contributed by atoms with Crippen LogP contribution in [0.5, 0.6) is 0 Å². The van der Waals surface area contributed by atoms with Gasteiger partial charge in [0.2, 0.25) is 0 Å². The van der Waals surface area contributed by atoms with Crippen LogP contribution in [0.3, 0.4) is 0 Å². The van der Waals surface area contributed by atoms with E-state index in [2.05, 4.69) is 12.2 Å². The minimum atomic E-state index is 0.0550. The second kappa shape index (κ2) is 5.35. The Labute approximate surface area is 67.0 Å². The molecule has 1 N–H and O–H groups in total. The smallest absolute Gasteiger partial charge is 0.189 e. The van der Waals surface area contributed by atoms with Crippen molar-refractivity contribution in [2.24, 2.45) is 0 Å². The van der Waals surface area contributed by atoms with E-state index >= 15 is 0 Å². The average molecular weight is 159 g/mol. The minimum absolute atomic E-state index is 0.0550. The molecule has 0 unspecified atom stereocenters. The molecule has 0 rings (SSSR count). The molecule has 0 saturated heterocycles. The van der Waals surface area contributed by atoms with Crippen LogP contribution >= 0.6 is 12.2 Å². The highest BCUT2D eigenvalue weighted by molar-refractivity contribution is 7.82. The monoisotopic (exact) mass is 159 g/mol. The van der Waals surface area contributed by atoms with Gasteiger partial charge in [0.1, 0.15) is 4.99 Å². The molecular formula is C7H13NOS. The standard InChI is InChI=1S/C7H13NOS/c1-3-4-5-6(9)7(10)8-2/h3-5H2,1-2H3,(H,8,10). The minimum Gasteiger partial charge on any atom is -0.376 e. The number of carbonyl (C=O) groups excluding carboxylic acids is 1. The van der Waals surface area contributed by atoms with E-state index < -0.39 is 0 Å². The van der Waals surface area contributed by atoms with Crippen LogP contribution in [-0.4, -0.2) is 17.8 Å². The molecule has 0 aromatic rings. The molecule has 0 fully saturated rings. The summed E-state index contributed by atoms with van der Waals surface area (Å²) in [6.07, 6.45) is 2.55. The van der Waals surface area contributed by atoms with E-state index in [1.807, 2.05) is 0 Å². The molecule has 58 valence electrons. The number of hydrogen-bond donors (Lipinski definition) is 1. The van der Waals surface area contributed by atoms with Gasteiger partial charge in [-0.1, -0.05) is 25.6 Å². The van der Waals surface area contributed by atoms with Crippen LogP contribution in [0.25, 0.3) is 0 Å². The first kappa shape index (κ1) is 9.56. The van der Waals surface area contributed by atoms with Crippen molar-refractivity contribution in [3.05, 3.63) is 0 Å². The van der Waals surface area contributed by atoms with E-state index in [1.165, 1.54) is 0 Å². The Morgan fingerprint density at radius 1 is 1.60 bits per heavy atom. The van der Waals surface area contributed by atoms with Crippen molar-refractivity contribution in [2.45, 2.75) is 26.2 Å². The van der Waals surface area contributed by atoms with Gasteiger partial charge in [0, 0.05) is 13.5 Å². The van der Waals surface area contributed by atoms with Crippen LogP contribution in [0.1, 0.15) is 26.2 Å². The Balaban J connectivity index is 3.52. The molecule has 0 aliphatic heterocycles. The first-order valence-electron chi connectivity index (χ1n) is 3.47. The van der Waals surface area contributed by atoms with Gasteiger partial charge in [-0.15, -0.1) is 0 Å². The Morgan fingerprint density at radius 2 is 2.20 bits per heavy atom. The number of rotatable bonds is 4. The molecule has 0 spiro atoms. The fraction of sp³-hybridized carbons (Fsp3) is 0.714. The lowest BCUT2D eigenvalue weighted by Gasteiger charge is -1.98. The molecule has 10 heavy (non-hydrogen) atoms. The maximum absolute atomic E-state index is 10.9. The summed E-state index contributed by atoms with van der Waals surface area (Å²) in [5.74, 6) is 0.0550. The zero-order valence-corrected chi connectivity index (χ0v) is 7.25. The Bertz CT molecular complexity index is 134. The topological polar surface area (TPSA) is 29.1 Å². The number of nitrogens with one attached hydrogen (secondary N) is 1. The van der Waals surface area contributed by atoms with Crippen LogP contribution in [0.15, 0.2) is 0 Å². The van der Waals surface area contributed by atoms with Gasteiger partial charge in [-0.25, -0.2) is 0 Å². The summed E-state index contributed by atoms with van der Waals surface area (Å²) in [4.78, 5) is 11.3. The molecule has 0 amide bonds. The van der Waals surface area contributed by atoms with Crippen molar-refractivity contribution in [2.75, 3.05) is 7.05 Å². The fourth-order valence-corrected chi connectivity index (χ4v) is 0.692. The van der Waals surface area contributed by atoms with Crippen molar-refractivity contribution in [1.82, 2.24) is 5.32 Å². The van der Waals surface area contributed by atoms with Crippen molar-refractivity contribution in [1.29, 1.82) is 0 Å². The zero-order chi connectivity index (χ0) is 7.98. The molecule has 0 bridgehead atoms.